The summed E-state index contributed by atoms with van der Waals surface area (Å²) in [5.41, 5.74) is 4.55. The molecule has 1 aromatic heterocycles. The molecule has 1 heterocycles. The summed E-state index contributed by atoms with van der Waals surface area (Å²) in [7, 11) is 0. The summed E-state index contributed by atoms with van der Waals surface area (Å²) in [4.78, 5) is 12.9. The molecule has 0 fully saturated rings. The average molecular weight is 479 g/mol. The third-order valence-electron chi connectivity index (χ3n) is 4.54. The second-order valence-corrected chi connectivity index (χ2v) is 8.55. The van der Waals surface area contributed by atoms with E-state index in [0.717, 1.165) is 26.2 Å². The quantitative estimate of drug-likeness (QED) is 0.264. The van der Waals surface area contributed by atoms with Crippen molar-refractivity contribution in [3.63, 3.8) is 0 Å². The number of thiophene rings is 1. The molecule has 4 aromatic rings. The van der Waals surface area contributed by atoms with Crippen molar-refractivity contribution in [3.8, 4) is 5.75 Å². The van der Waals surface area contributed by atoms with Crippen LogP contribution in [0.4, 0.5) is 0 Å². The zero-order chi connectivity index (χ0) is 20.8. The van der Waals surface area contributed by atoms with Gasteiger partial charge < -0.3 is 4.74 Å². The van der Waals surface area contributed by atoms with Crippen LogP contribution in [0.3, 0.4) is 0 Å². The van der Waals surface area contributed by atoms with Gasteiger partial charge in [0.15, 0.2) is 0 Å². The summed E-state index contributed by atoms with van der Waals surface area (Å²) in [5.74, 6) is 0.615. The third-order valence-corrected chi connectivity index (χ3v) is 6.03. The molecular formula is C24H19BrN2O2S. The molecule has 4 rings (SSSR count). The van der Waals surface area contributed by atoms with E-state index in [1.165, 1.54) is 10.8 Å². The Balaban J connectivity index is 1.36. The Morgan fingerprint density at radius 1 is 1.07 bits per heavy atom. The highest BCUT2D eigenvalue weighted by Crippen LogP contribution is 2.27. The fourth-order valence-electron chi connectivity index (χ4n) is 3.08. The molecule has 150 valence electrons. The molecule has 1 amide bonds. The summed E-state index contributed by atoms with van der Waals surface area (Å²) in [6.45, 7) is 0.478. The lowest BCUT2D eigenvalue weighted by Gasteiger charge is -2.11. The first-order valence-electron chi connectivity index (χ1n) is 9.42. The van der Waals surface area contributed by atoms with Crippen molar-refractivity contribution in [2.75, 3.05) is 0 Å². The van der Waals surface area contributed by atoms with Gasteiger partial charge in [0.1, 0.15) is 12.4 Å². The number of nitrogens with one attached hydrogen (secondary N) is 1. The van der Waals surface area contributed by atoms with Crippen molar-refractivity contribution >= 4 is 50.2 Å². The molecule has 0 atom stereocenters. The molecular weight excluding hydrogens is 460 g/mol. The van der Waals surface area contributed by atoms with E-state index in [0.29, 0.717) is 13.0 Å². The first kappa shape index (κ1) is 20.3. The van der Waals surface area contributed by atoms with Crippen LogP contribution in [0, 0.1) is 0 Å². The standard InChI is InChI=1S/C24H19BrN2O2S/c25-22-13-17(15-26-27-24(28)14-20-8-4-12-30-20)10-11-23(22)29-16-19-7-3-6-18-5-1-2-9-21(18)19/h1-13,15H,14,16H2,(H,27,28)/b26-15-. The Bertz CT molecular complexity index is 1180. The number of amides is 1. The Labute approximate surface area is 187 Å². The molecule has 30 heavy (non-hydrogen) atoms. The molecule has 0 saturated carbocycles. The van der Waals surface area contributed by atoms with E-state index in [4.69, 9.17) is 4.74 Å². The molecule has 0 aliphatic heterocycles. The van der Waals surface area contributed by atoms with Crippen molar-refractivity contribution < 1.29 is 9.53 Å². The van der Waals surface area contributed by atoms with Gasteiger partial charge in [-0.25, -0.2) is 5.43 Å². The van der Waals surface area contributed by atoms with Crippen molar-refractivity contribution in [2.45, 2.75) is 13.0 Å². The lowest BCUT2D eigenvalue weighted by Crippen LogP contribution is -2.19. The first-order valence-corrected chi connectivity index (χ1v) is 11.1. The lowest BCUT2D eigenvalue weighted by molar-refractivity contribution is -0.120. The van der Waals surface area contributed by atoms with Crippen molar-refractivity contribution in [1.29, 1.82) is 0 Å². The van der Waals surface area contributed by atoms with Crippen molar-refractivity contribution in [3.05, 3.63) is 98.7 Å². The predicted octanol–water partition coefficient (Wildman–Crippen LogP) is 5.94. The smallest absolute Gasteiger partial charge is 0.245 e. The van der Waals surface area contributed by atoms with Gasteiger partial charge in [0.25, 0.3) is 0 Å². The number of hydrogen-bond donors (Lipinski definition) is 1. The van der Waals surface area contributed by atoms with Crippen LogP contribution >= 0.6 is 27.3 Å². The normalized spacial score (nSPS) is 11.1. The van der Waals surface area contributed by atoms with Gasteiger partial charge in [-0.1, -0.05) is 48.5 Å². The Morgan fingerprint density at radius 3 is 2.77 bits per heavy atom. The fraction of sp³-hybridized carbons (Fsp3) is 0.0833. The fourth-order valence-corrected chi connectivity index (χ4v) is 4.29. The van der Waals surface area contributed by atoms with Crippen LogP contribution in [0.5, 0.6) is 5.75 Å². The summed E-state index contributed by atoms with van der Waals surface area (Å²) in [6.07, 6.45) is 1.95. The van der Waals surface area contributed by atoms with Gasteiger partial charge in [0.05, 0.1) is 17.1 Å². The number of hydrogen-bond acceptors (Lipinski definition) is 4. The molecule has 0 radical (unpaired) electrons. The van der Waals surface area contributed by atoms with E-state index in [9.17, 15) is 4.79 Å². The topological polar surface area (TPSA) is 50.7 Å². The molecule has 0 unspecified atom stereocenters. The highest BCUT2D eigenvalue weighted by molar-refractivity contribution is 9.10. The molecule has 3 aromatic carbocycles. The van der Waals surface area contributed by atoms with Gasteiger partial charge in [0.2, 0.25) is 5.91 Å². The number of ether oxygens (including phenoxy) is 1. The molecule has 0 bridgehead atoms. The number of halogens is 1. The van der Waals surface area contributed by atoms with E-state index >= 15 is 0 Å². The van der Waals surface area contributed by atoms with Crippen molar-refractivity contribution in [2.24, 2.45) is 5.10 Å². The summed E-state index contributed by atoms with van der Waals surface area (Å²) in [6, 6.07) is 24.1. The lowest BCUT2D eigenvalue weighted by atomic mass is 10.1. The van der Waals surface area contributed by atoms with E-state index in [1.807, 2.05) is 53.9 Å². The maximum Gasteiger partial charge on any atom is 0.245 e. The number of fused-ring (bicyclic) bond motifs is 1. The van der Waals surface area contributed by atoms with Crippen LogP contribution < -0.4 is 10.2 Å². The Morgan fingerprint density at radius 2 is 1.93 bits per heavy atom. The van der Waals surface area contributed by atoms with Crippen LogP contribution in [0.15, 0.2) is 87.8 Å². The maximum atomic E-state index is 11.9. The van der Waals surface area contributed by atoms with Crippen LogP contribution in [0.2, 0.25) is 0 Å². The minimum absolute atomic E-state index is 0.136. The highest BCUT2D eigenvalue weighted by Gasteiger charge is 2.06. The largest absolute Gasteiger partial charge is 0.488 e. The highest BCUT2D eigenvalue weighted by atomic mass is 79.9. The number of hydrazone groups is 1. The molecule has 0 saturated heterocycles. The van der Waals surface area contributed by atoms with E-state index < -0.39 is 0 Å². The second-order valence-electron chi connectivity index (χ2n) is 6.67. The minimum atomic E-state index is -0.136. The zero-order valence-electron chi connectivity index (χ0n) is 16.0. The van der Waals surface area contributed by atoms with Gasteiger partial charge in [-0.2, -0.15) is 5.10 Å². The van der Waals surface area contributed by atoms with Crippen LogP contribution in [-0.4, -0.2) is 12.1 Å². The zero-order valence-corrected chi connectivity index (χ0v) is 18.4. The van der Waals surface area contributed by atoms with Gasteiger partial charge in [0, 0.05) is 4.88 Å². The summed E-state index contributed by atoms with van der Waals surface area (Å²) in [5, 5.41) is 8.38. The van der Waals surface area contributed by atoms with E-state index in [2.05, 4.69) is 50.7 Å². The predicted molar refractivity (Wildman–Crippen MR) is 126 cm³/mol. The van der Waals surface area contributed by atoms with E-state index in [-0.39, 0.29) is 5.91 Å². The third kappa shape index (κ3) is 5.14. The number of nitrogens with zero attached hydrogens (tertiary/aromatic N) is 1. The second kappa shape index (κ2) is 9.69. The van der Waals surface area contributed by atoms with Crippen LogP contribution in [0.25, 0.3) is 10.8 Å². The Hall–Kier alpha value is -2.96. The van der Waals surface area contributed by atoms with Gasteiger partial charge in [-0.05, 0) is 67.5 Å². The van der Waals surface area contributed by atoms with E-state index in [1.54, 1.807) is 17.6 Å². The molecule has 1 N–H and O–H groups in total. The molecule has 0 spiro atoms. The minimum Gasteiger partial charge on any atom is -0.488 e. The van der Waals surface area contributed by atoms with Crippen LogP contribution in [-0.2, 0) is 17.8 Å². The van der Waals surface area contributed by atoms with Gasteiger partial charge >= 0.3 is 0 Å². The SMILES string of the molecule is O=C(Cc1cccs1)N/N=C\c1ccc(OCc2cccc3ccccc23)c(Br)c1. The molecule has 6 heteroatoms. The molecule has 0 aliphatic rings. The van der Waals surface area contributed by atoms with Gasteiger partial charge in [-0.15, -0.1) is 11.3 Å². The summed E-state index contributed by atoms with van der Waals surface area (Å²) >= 11 is 5.11. The Kier molecular flexibility index (Phi) is 6.57. The van der Waals surface area contributed by atoms with Crippen molar-refractivity contribution in [1.82, 2.24) is 5.43 Å². The number of rotatable bonds is 7. The maximum absolute atomic E-state index is 11.9. The molecule has 0 aliphatic carbocycles. The summed E-state index contributed by atoms with van der Waals surface area (Å²) < 4.78 is 6.86. The molecule has 4 nitrogen and oxygen atoms in total. The van der Waals surface area contributed by atoms with Crippen LogP contribution in [0.1, 0.15) is 16.0 Å². The number of benzene rings is 3. The van der Waals surface area contributed by atoms with Gasteiger partial charge in [-0.3, -0.25) is 4.79 Å². The first-order chi connectivity index (χ1) is 14.7. The number of carbonyl (C=O) groups excluding carboxylic acids is 1. The number of carbonyl (C=O) groups is 1. The monoisotopic (exact) mass is 478 g/mol. The average Bonchev–Trinajstić information content (AvgIpc) is 3.26.